The molecular formula is C25H25F6N7O2. The molecule has 1 atom stereocenters. The number of alkyl halides is 6. The lowest BCUT2D eigenvalue weighted by molar-refractivity contribution is -0.201. The summed E-state index contributed by atoms with van der Waals surface area (Å²) < 4.78 is 88.5. The Bertz CT molecular complexity index is 1360. The molecule has 1 aliphatic heterocycles. The number of H-pyrrole nitrogens is 1. The Balaban J connectivity index is 1.40. The van der Waals surface area contributed by atoms with Crippen LogP contribution in [0.25, 0.3) is 11.1 Å². The van der Waals surface area contributed by atoms with Crippen molar-refractivity contribution in [3.8, 4) is 5.75 Å². The van der Waals surface area contributed by atoms with Crippen LogP contribution in [0.3, 0.4) is 0 Å². The van der Waals surface area contributed by atoms with Gasteiger partial charge >= 0.3 is 12.4 Å². The number of carbonyl (C=O) groups is 1. The van der Waals surface area contributed by atoms with Gasteiger partial charge in [0, 0.05) is 19.0 Å². The van der Waals surface area contributed by atoms with Crippen LogP contribution in [-0.2, 0) is 10.3 Å². The maximum absolute atomic E-state index is 14.8. The molecule has 1 fully saturated rings. The normalized spacial score (nSPS) is 20.1. The predicted octanol–water partition coefficient (Wildman–Crippen LogP) is 5.12. The molecule has 2 aliphatic rings. The number of benzene rings is 1. The first-order valence-corrected chi connectivity index (χ1v) is 12.7. The van der Waals surface area contributed by atoms with E-state index in [0.29, 0.717) is 12.8 Å². The number of hydrogen-bond acceptors (Lipinski definition) is 6. The minimum Gasteiger partial charge on any atom is -0.494 e. The fourth-order valence-corrected chi connectivity index (χ4v) is 4.69. The number of carbonyl (C=O) groups excluding carboxylic acids is 1. The molecule has 5 rings (SSSR count). The van der Waals surface area contributed by atoms with Crippen LogP contribution in [-0.4, -0.2) is 55.3 Å². The van der Waals surface area contributed by atoms with E-state index < -0.39 is 36.6 Å². The number of nitrogens with zero attached hydrogens (tertiary/aromatic N) is 5. The summed E-state index contributed by atoms with van der Waals surface area (Å²) in [5.41, 5.74) is -2.93. The van der Waals surface area contributed by atoms with Crippen molar-refractivity contribution in [1.29, 1.82) is 0 Å². The molecule has 1 unspecified atom stereocenters. The summed E-state index contributed by atoms with van der Waals surface area (Å²) in [4.78, 5) is 13.3. The zero-order chi connectivity index (χ0) is 28.5. The van der Waals surface area contributed by atoms with Crippen molar-refractivity contribution < 1.29 is 35.9 Å². The Morgan fingerprint density at radius 3 is 2.40 bits per heavy atom. The quantitative estimate of drug-likeness (QED) is 0.259. The minimum atomic E-state index is -4.91. The van der Waals surface area contributed by atoms with Crippen LogP contribution in [0.4, 0.5) is 26.3 Å². The van der Waals surface area contributed by atoms with Crippen molar-refractivity contribution in [3.05, 3.63) is 53.6 Å². The molecule has 2 N–H and O–H groups in total. The first-order valence-electron chi connectivity index (χ1n) is 12.7. The Kier molecular flexibility index (Phi) is 7.31. The van der Waals surface area contributed by atoms with Gasteiger partial charge in [0.15, 0.2) is 5.54 Å². The van der Waals surface area contributed by atoms with Crippen LogP contribution >= 0.6 is 0 Å². The summed E-state index contributed by atoms with van der Waals surface area (Å²) in [6.07, 6.45) is -6.54. The smallest absolute Gasteiger partial charge is 0.416 e. The van der Waals surface area contributed by atoms with Crippen molar-refractivity contribution >= 4 is 17.1 Å². The highest BCUT2D eigenvalue weighted by Crippen LogP contribution is 2.49. The SMILES string of the molecule is O=C1NC(c2ccc(OCCCCCC(F)(F)F)cc2)(C(F)(F)F)CC(c2ccn(C3CC3)n2)=C1c1nn[nH]n1. The summed E-state index contributed by atoms with van der Waals surface area (Å²) in [6.45, 7) is 0.114. The van der Waals surface area contributed by atoms with Crippen LogP contribution in [0.2, 0.25) is 0 Å². The van der Waals surface area contributed by atoms with Gasteiger partial charge in [-0.2, -0.15) is 36.7 Å². The van der Waals surface area contributed by atoms with Crippen molar-refractivity contribution in [2.45, 2.75) is 68.9 Å². The second-order valence-electron chi connectivity index (χ2n) is 9.83. The van der Waals surface area contributed by atoms with E-state index in [1.165, 1.54) is 24.3 Å². The Morgan fingerprint density at radius 1 is 1.02 bits per heavy atom. The molecule has 9 nitrogen and oxygen atoms in total. The van der Waals surface area contributed by atoms with Crippen molar-refractivity contribution in [2.24, 2.45) is 0 Å². The standard InChI is InChI=1S/C25H25F6N7O2/c26-24(27,28)11-2-1-3-13-40-17-8-4-15(5-9-17)23(25(29,30)31)14-18(19-10-12-38(35-19)16-6-7-16)20(22(39)32-23)21-33-36-37-34-21/h4-5,8-10,12,16H,1-3,6-7,11,13-14H2,(H,32,39)(H,33,34,36,37). The van der Waals surface area contributed by atoms with E-state index in [1.54, 1.807) is 16.9 Å². The third-order valence-electron chi connectivity index (χ3n) is 6.91. The summed E-state index contributed by atoms with van der Waals surface area (Å²) in [6, 6.07) is 6.85. The molecule has 214 valence electrons. The zero-order valence-electron chi connectivity index (χ0n) is 21.0. The highest BCUT2D eigenvalue weighted by Gasteiger charge is 2.60. The number of halogens is 6. The largest absolute Gasteiger partial charge is 0.494 e. The molecule has 1 aromatic carbocycles. The van der Waals surface area contributed by atoms with Crippen LogP contribution in [0, 0.1) is 0 Å². The van der Waals surface area contributed by atoms with E-state index >= 15 is 0 Å². The van der Waals surface area contributed by atoms with Gasteiger partial charge in [-0.1, -0.05) is 12.1 Å². The van der Waals surface area contributed by atoms with Gasteiger partial charge in [-0.05, 0) is 66.7 Å². The maximum Gasteiger partial charge on any atom is 0.416 e. The third kappa shape index (κ3) is 5.82. The van der Waals surface area contributed by atoms with Crippen molar-refractivity contribution in [1.82, 2.24) is 35.7 Å². The molecule has 0 radical (unpaired) electrons. The van der Waals surface area contributed by atoms with E-state index in [4.69, 9.17) is 4.74 Å². The van der Waals surface area contributed by atoms with Gasteiger partial charge in [0.05, 0.1) is 23.9 Å². The van der Waals surface area contributed by atoms with Gasteiger partial charge in [-0.15, -0.1) is 10.2 Å². The molecule has 2 aromatic heterocycles. The average Bonchev–Trinajstić information content (AvgIpc) is 3.37. The maximum atomic E-state index is 14.8. The highest BCUT2D eigenvalue weighted by atomic mass is 19.4. The fourth-order valence-electron chi connectivity index (χ4n) is 4.69. The summed E-state index contributed by atoms with van der Waals surface area (Å²) in [5, 5.41) is 19.9. The lowest BCUT2D eigenvalue weighted by Crippen LogP contribution is -2.58. The van der Waals surface area contributed by atoms with Crippen LogP contribution < -0.4 is 10.1 Å². The first kappa shape index (κ1) is 27.6. The summed E-state index contributed by atoms with van der Waals surface area (Å²) in [7, 11) is 0. The van der Waals surface area contributed by atoms with E-state index in [2.05, 4.69) is 31.0 Å². The Morgan fingerprint density at radius 2 is 1.77 bits per heavy atom. The van der Waals surface area contributed by atoms with Gasteiger partial charge in [-0.3, -0.25) is 9.48 Å². The van der Waals surface area contributed by atoms with Crippen LogP contribution in [0.1, 0.15) is 68.1 Å². The number of unbranched alkanes of at least 4 members (excludes halogenated alkanes) is 2. The van der Waals surface area contributed by atoms with Gasteiger partial charge in [0.1, 0.15) is 5.75 Å². The molecular weight excluding hydrogens is 544 g/mol. The number of rotatable bonds is 10. The van der Waals surface area contributed by atoms with Gasteiger partial charge in [0.2, 0.25) is 5.82 Å². The van der Waals surface area contributed by atoms with Gasteiger partial charge < -0.3 is 10.1 Å². The number of amides is 1. The Labute approximate surface area is 224 Å². The molecule has 40 heavy (non-hydrogen) atoms. The molecule has 1 saturated carbocycles. The molecule has 15 heteroatoms. The number of ether oxygens (including phenoxy) is 1. The van der Waals surface area contributed by atoms with E-state index in [0.717, 1.165) is 12.8 Å². The third-order valence-corrected chi connectivity index (χ3v) is 6.91. The van der Waals surface area contributed by atoms with Crippen molar-refractivity contribution in [3.63, 3.8) is 0 Å². The topological polar surface area (TPSA) is 111 Å². The lowest BCUT2D eigenvalue weighted by atomic mass is 9.77. The fraction of sp³-hybridized carbons (Fsp3) is 0.480. The second-order valence-corrected chi connectivity index (χ2v) is 9.83. The van der Waals surface area contributed by atoms with E-state index in [9.17, 15) is 31.1 Å². The Hall–Kier alpha value is -3.91. The molecule has 3 heterocycles. The summed E-state index contributed by atoms with van der Waals surface area (Å²) in [5.74, 6) is -0.922. The molecule has 0 bridgehead atoms. The number of tetrazole rings is 1. The predicted molar refractivity (Wildman–Crippen MR) is 128 cm³/mol. The molecule has 3 aromatic rings. The second kappa shape index (κ2) is 10.6. The monoisotopic (exact) mass is 569 g/mol. The van der Waals surface area contributed by atoms with Crippen LogP contribution in [0.15, 0.2) is 36.5 Å². The first-order chi connectivity index (χ1) is 19.0. The van der Waals surface area contributed by atoms with E-state index in [-0.39, 0.29) is 53.0 Å². The molecule has 0 saturated heterocycles. The van der Waals surface area contributed by atoms with E-state index in [1.807, 2.05) is 0 Å². The average molecular weight is 570 g/mol. The number of aromatic nitrogens is 6. The van der Waals surface area contributed by atoms with Gasteiger partial charge in [0.25, 0.3) is 5.91 Å². The number of hydrogen-bond donors (Lipinski definition) is 2. The molecule has 1 aliphatic carbocycles. The molecule has 1 amide bonds. The van der Waals surface area contributed by atoms with Crippen LogP contribution in [0.5, 0.6) is 5.75 Å². The summed E-state index contributed by atoms with van der Waals surface area (Å²) >= 11 is 0. The number of aromatic amines is 1. The lowest BCUT2D eigenvalue weighted by Gasteiger charge is -2.40. The highest BCUT2D eigenvalue weighted by molar-refractivity contribution is 6.27. The number of nitrogens with one attached hydrogen (secondary N) is 2. The zero-order valence-corrected chi connectivity index (χ0v) is 21.0. The minimum absolute atomic E-state index is 0.0276. The van der Waals surface area contributed by atoms with Gasteiger partial charge in [-0.25, -0.2) is 0 Å². The molecule has 0 spiro atoms. The van der Waals surface area contributed by atoms with Crippen molar-refractivity contribution in [2.75, 3.05) is 6.61 Å².